The minimum absolute atomic E-state index is 0.493. The Morgan fingerprint density at radius 3 is 2.39 bits per heavy atom. The van der Waals surface area contributed by atoms with Crippen molar-refractivity contribution in [1.82, 2.24) is 9.97 Å². The number of hydrogen-bond donors (Lipinski definition) is 1. The van der Waals surface area contributed by atoms with E-state index in [2.05, 4.69) is 29.1 Å². The fourth-order valence-electron chi connectivity index (χ4n) is 2.47. The molecule has 1 aliphatic carbocycles. The Balaban J connectivity index is 2.07. The van der Waals surface area contributed by atoms with Crippen LogP contribution in [0.5, 0.6) is 0 Å². The second-order valence-corrected chi connectivity index (χ2v) is 6.48. The van der Waals surface area contributed by atoms with Crippen LogP contribution in [0.4, 0.5) is 5.82 Å². The first-order valence-electron chi connectivity index (χ1n) is 6.65. The van der Waals surface area contributed by atoms with Gasteiger partial charge >= 0.3 is 0 Å². The zero-order chi connectivity index (χ0) is 13.3. The maximum atomic E-state index is 6.09. The van der Waals surface area contributed by atoms with Gasteiger partial charge in [-0.2, -0.15) is 0 Å². The van der Waals surface area contributed by atoms with Gasteiger partial charge in [0, 0.05) is 11.6 Å². The molecule has 0 atom stereocenters. The first kappa shape index (κ1) is 13.6. The summed E-state index contributed by atoms with van der Waals surface area (Å²) in [6.07, 6.45) is 4.93. The molecule has 1 heterocycles. The predicted octanol–water partition coefficient (Wildman–Crippen LogP) is 4.13. The molecular formula is C14H22ClN3. The summed E-state index contributed by atoms with van der Waals surface area (Å²) in [7, 11) is 0. The molecule has 0 saturated heterocycles. The van der Waals surface area contributed by atoms with Gasteiger partial charge in [-0.15, -0.1) is 0 Å². The first-order chi connectivity index (χ1) is 8.37. The molecule has 0 aromatic carbocycles. The van der Waals surface area contributed by atoms with E-state index in [0.717, 1.165) is 17.2 Å². The molecule has 0 radical (unpaired) electrons. The Bertz CT molecular complexity index is 433. The summed E-state index contributed by atoms with van der Waals surface area (Å²) in [5.41, 5.74) is 1.44. The van der Waals surface area contributed by atoms with Gasteiger partial charge in [-0.25, -0.2) is 9.97 Å². The fraction of sp³-hybridized carbons (Fsp3) is 0.714. The number of aryl methyl sites for hydroxylation is 1. The molecule has 0 aliphatic heterocycles. The molecule has 4 heteroatoms. The molecule has 0 spiro atoms. The zero-order valence-electron chi connectivity index (χ0n) is 11.7. The third kappa shape index (κ3) is 3.14. The highest BCUT2D eigenvalue weighted by Crippen LogP contribution is 2.36. The van der Waals surface area contributed by atoms with Crippen LogP contribution in [0, 0.1) is 19.3 Å². The van der Waals surface area contributed by atoms with Gasteiger partial charge in [0.2, 0.25) is 0 Å². The van der Waals surface area contributed by atoms with Crippen molar-refractivity contribution in [2.75, 3.05) is 5.32 Å². The van der Waals surface area contributed by atoms with Crippen molar-refractivity contribution in [3.63, 3.8) is 0 Å². The molecular weight excluding hydrogens is 246 g/mol. The molecule has 3 nitrogen and oxygen atoms in total. The molecule has 0 unspecified atom stereocenters. The Kier molecular flexibility index (Phi) is 3.81. The highest BCUT2D eigenvalue weighted by Gasteiger charge is 2.27. The first-order valence-corrected chi connectivity index (χ1v) is 7.02. The van der Waals surface area contributed by atoms with Gasteiger partial charge in [0.05, 0.1) is 0 Å². The molecule has 1 aromatic rings. The van der Waals surface area contributed by atoms with Crippen molar-refractivity contribution in [2.45, 2.75) is 59.4 Å². The van der Waals surface area contributed by atoms with E-state index in [9.17, 15) is 0 Å². The highest BCUT2D eigenvalue weighted by molar-refractivity contribution is 6.30. The van der Waals surface area contributed by atoms with Crippen LogP contribution in [-0.4, -0.2) is 16.0 Å². The van der Waals surface area contributed by atoms with Gasteiger partial charge < -0.3 is 5.32 Å². The summed E-state index contributed by atoms with van der Waals surface area (Å²) in [5, 5.41) is 4.09. The summed E-state index contributed by atoms with van der Waals surface area (Å²) < 4.78 is 0. The predicted molar refractivity (Wildman–Crippen MR) is 76.2 cm³/mol. The summed E-state index contributed by atoms with van der Waals surface area (Å²) in [5.74, 6) is 1.63. The largest absolute Gasteiger partial charge is 0.367 e. The molecule has 1 saturated carbocycles. The highest BCUT2D eigenvalue weighted by atomic mass is 35.5. The van der Waals surface area contributed by atoms with Gasteiger partial charge in [0.25, 0.3) is 0 Å². The smallest absolute Gasteiger partial charge is 0.137 e. The topological polar surface area (TPSA) is 37.8 Å². The van der Waals surface area contributed by atoms with Gasteiger partial charge in [-0.1, -0.05) is 25.4 Å². The van der Waals surface area contributed by atoms with E-state index in [-0.39, 0.29) is 0 Å². The lowest BCUT2D eigenvalue weighted by Gasteiger charge is -2.35. The third-order valence-electron chi connectivity index (χ3n) is 3.88. The number of nitrogens with one attached hydrogen (secondary N) is 1. The van der Waals surface area contributed by atoms with Crippen molar-refractivity contribution in [3.05, 3.63) is 16.5 Å². The fourth-order valence-corrected chi connectivity index (χ4v) is 2.68. The van der Waals surface area contributed by atoms with Crippen molar-refractivity contribution in [2.24, 2.45) is 5.41 Å². The van der Waals surface area contributed by atoms with Crippen LogP contribution in [-0.2, 0) is 0 Å². The van der Waals surface area contributed by atoms with Crippen molar-refractivity contribution >= 4 is 17.4 Å². The van der Waals surface area contributed by atoms with Gasteiger partial charge in [0.1, 0.15) is 16.8 Å². The van der Waals surface area contributed by atoms with E-state index in [4.69, 9.17) is 11.6 Å². The lowest BCUT2D eigenvalue weighted by Crippen LogP contribution is -2.30. The number of hydrogen-bond acceptors (Lipinski definition) is 3. The van der Waals surface area contributed by atoms with Crippen molar-refractivity contribution < 1.29 is 0 Å². The van der Waals surface area contributed by atoms with Gasteiger partial charge in [-0.05, 0) is 44.9 Å². The standard InChI is InChI=1S/C14H22ClN3/c1-9-12(15)16-10(2)17-13(9)18-11-5-7-14(3,4)8-6-11/h11H,5-8H2,1-4H3,(H,16,17,18). The van der Waals surface area contributed by atoms with Crippen LogP contribution >= 0.6 is 11.6 Å². The molecule has 1 aromatic heterocycles. The average Bonchev–Trinajstić information content (AvgIpc) is 2.28. The second-order valence-electron chi connectivity index (χ2n) is 6.12. The molecule has 1 N–H and O–H groups in total. The van der Waals surface area contributed by atoms with E-state index in [0.29, 0.717) is 16.6 Å². The minimum atomic E-state index is 0.493. The van der Waals surface area contributed by atoms with E-state index in [1.807, 2.05) is 13.8 Å². The van der Waals surface area contributed by atoms with Crippen LogP contribution in [0.15, 0.2) is 0 Å². The minimum Gasteiger partial charge on any atom is -0.367 e. The third-order valence-corrected chi connectivity index (χ3v) is 4.25. The Morgan fingerprint density at radius 1 is 1.17 bits per heavy atom. The molecule has 0 amide bonds. The van der Waals surface area contributed by atoms with Crippen LogP contribution in [0.2, 0.25) is 5.15 Å². The Labute approximate surface area is 114 Å². The maximum Gasteiger partial charge on any atom is 0.137 e. The Morgan fingerprint density at radius 2 is 1.78 bits per heavy atom. The van der Waals surface area contributed by atoms with E-state index >= 15 is 0 Å². The molecule has 1 aliphatic rings. The van der Waals surface area contributed by atoms with Crippen LogP contribution < -0.4 is 5.32 Å². The molecule has 18 heavy (non-hydrogen) atoms. The van der Waals surface area contributed by atoms with E-state index in [1.54, 1.807) is 0 Å². The van der Waals surface area contributed by atoms with Gasteiger partial charge in [-0.3, -0.25) is 0 Å². The number of aromatic nitrogens is 2. The summed E-state index contributed by atoms with van der Waals surface area (Å²) in [4.78, 5) is 8.62. The lowest BCUT2D eigenvalue weighted by molar-refractivity contribution is 0.232. The molecule has 2 rings (SSSR count). The van der Waals surface area contributed by atoms with E-state index in [1.165, 1.54) is 25.7 Å². The second kappa shape index (κ2) is 5.04. The monoisotopic (exact) mass is 267 g/mol. The number of nitrogens with zero attached hydrogens (tertiary/aromatic N) is 2. The van der Waals surface area contributed by atoms with Crippen molar-refractivity contribution in [3.8, 4) is 0 Å². The summed E-state index contributed by atoms with van der Waals surface area (Å²) in [6, 6.07) is 0.516. The Hall–Kier alpha value is -0.830. The molecule has 0 bridgehead atoms. The van der Waals surface area contributed by atoms with Gasteiger partial charge in [0.15, 0.2) is 0 Å². The van der Waals surface area contributed by atoms with Crippen LogP contribution in [0.3, 0.4) is 0 Å². The molecule has 100 valence electrons. The SMILES string of the molecule is Cc1nc(Cl)c(C)c(NC2CCC(C)(C)CC2)n1. The number of rotatable bonds is 2. The summed E-state index contributed by atoms with van der Waals surface area (Å²) in [6.45, 7) is 8.54. The zero-order valence-corrected chi connectivity index (χ0v) is 12.4. The van der Waals surface area contributed by atoms with Crippen LogP contribution in [0.25, 0.3) is 0 Å². The van der Waals surface area contributed by atoms with E-state index < -0.39 is 0 Å². The average molecular weight is 268 g/mol. The van der Waals surface area contributed by atoms with Crippen LogP contribution in [0.1, 0.15) is 50.9 Å². The molecule has 1 fully saturated rings. The number of anilines is 1. The normalized spacial score (nSPS) is 19.8. The summed E-state index contributed by atoms with van der Waals surface area (Å²) >= 11 is 6.09. The quantitative estimate of drug-likeness (QED) is 0.819. The van der Waals surface area contributed by atoms with Crippen molar-refractivity contribution in [1.29, 1.82) is 0 Å². The maximum absolute atomic E-state index is 6.09. The number of halogens is 1. The lowest BCUT2D eigenvalue weighted by atomic mass is 9.75.